The van der Waals surface area contributed by atoms with Gasteiger partial charge in [0.05, 0.1) is 17.9 Å². The largest absolute Gasteiger partial charge is 0.311 e. The summed E-state index contributed by atoms with van der Waals surface area (Å²) in [6, 6.07) is 13.1. The van der Waals surface area contributed by atoms with Gasteiger partial charge >= 0.3 is 0 Å². The van der Waals surface area contributed by atoms with Crippen molar-refractivity contribution in [2.24, 2.45) is 0 Å². The molecule has 5 rings (SSSR count). The van der Waals surface area contributed by atoms with E-state index in [4.69, 9.17) is 4.98 Å². The summed E-state index contributed by atoms with van der Waals surface area (Å²) in [5.74, 6) is 0.941. The molecule has 156 valence electrons. The molecule has 0 spiro atoms. The Hall–Kier alpha value is -3.46. The standard InChI is InChI=1S/C22H20N6O2S/c1-13-5-3-7-15(9-13)28-20-17(11-23-28)21(30)27-16(12-31-22(27)26-20)10-19(29)25-18-8-4-6-14(2)24-18/h3-9,11,16H,10,12H2,1-2H3,(H,24,25,29). The molecule has 0 saturated heterocycles. The third-order valence-corrected chi connectivity index (χ3v) is 6.29. The van der Waals surface area contributed by atoms with E-state index in [2.05, 4.69) is 15.4 Å². The molecule has 31 heavy (non-hydrogen) atoms. The van der Waals surface area contributed by atoms with E-state index in [1.807, 2.05) is 50.2 Å². The molecule has 4 heterocycles. The SMILES string of the molecule is Cc1cccc(-n2ncc3c(=O)n4c(nc32)SCC4CC(=O)Nc2cccc(C)n2)c1. The van der Waals surface area contributed by atoms with E-state index >= 15 is 0 Å². The number of rotatable bonds is 4. The zero-order chi connectivity index (χ0) is 21.5. The number of carbonyl (C=O) groups excluding carboxylic acids is 1. The lowest BCUT2D eigenvalue weighted by Gasteiger charge is -2.13. The first-order valence-electron chi connectivity index (χ1n) is 9.93. The number of fused-ring (bicyclic) bond motifs is 2. The van der Waals surface area contributed by atoms with Crippen molar-refractivity contribution in [2.75, 3.05) is 11.1 Å². The zero-order valence-corrected chi connectivity index (χ0v) is 17.9. The van der Waals surface area contributed by atoms with E-state index in [1.165, 1.54) is 11.8 Å². The lowest BCUT2D eigenvalue weighted by atomic mass is 10.2. The molecule has 0 bridgehead atoms. The number of hydrogen-bond acceptors (Lipinski definition) is 6. The van der Waals surface area contributed by atoms with Crippen molar-refractivity contribution in [3.05, 3.63) is 70.3 Å². The quantitative estimate of drug-likeness (QED) is 0.498. The molecule has 9 heteroatoms. The minimum Gasteiger partial charge on any atom is -0.311 e. The maximum atomic E-state index is 13.2. The van der Waals surface area contributed by atoms with E-state index in [1.54, 1.807) is 21.5 Å². The second kappa shape index (κ2) is 7.66. The summed E-state index contributed by atoms with van der Waals surface area (Å²) in [5.41, 5.74) is 3.14. The van der Waals surface area contributed by atoms with E-state index in [-0.39, 0.29) is 23.9 Å². The predicted molar refractivity (Wildman–Crippen MR) is 120 cm³/mol. The fourth-order valence-electron chi connectivity index (χ4n) is 3.75. The predicted octanol–water partition coefficient (Wildman–Crippen LogP) is 3.27. The van der Waals surface area contributed by atoms with Crippen LogP contribution in [0.3, 0.4) is 0 Å². The maximum absolute atomic E-state index is 13.2. The number of aromatic nitrogens is 5. The smallest absolute Gasteiger partial charge is 0.265 e. The molecule has 0 radical (unpaired) electrons. The van der Waals surface area contributed by atoms with Crippen molar-refractivity contribution >= 4 is 34.5 Å². The Morgan fingerprint density at radius 3 is 2.84 bits per heavy atom. The van der Waals surface area contributed by atoms with Crippen LogP contribution in [0.5, 0.6) is 0 Å². The second-order valence-corrected chi connectivity index (χ2v) is 8.57. The van der Waals surface area contributed by atoms with Crippen LogP contribution in [0.25, 0.3) is 16.7 Å². The van der Waals surface area contributed by atoms with Crippen LogP contribution in [0.4, 0.5) is 5.82 Å². The molecule has 0 fully saturated rings. The first-order chi connectivity index (χ1) is 15.0. The highest BCUT2D eigenvalue weighted by Crippen LogP contribution is 2.33. The van der Waals surface area contributed by atoms with Gasteiger partial charge in [-0.3, -0.25) is 14.2 Å². The molecule has 4 aromatic rings. The van der Waals surface area contributed by atoms with Gasteiger partial charge in [-0.05, 0) is 43.7 Å². The van der Waals surface area contributed by atoms with Gasteiger partial charge < -0.3 is 5.32 Å². The van der Waals surface area contributed by atoms with Gasteiger partial charge in [-0.15, -0.1) is 0 Å². The lowest BCUT2D eigenvalue weighted by molar-refractivity contribution is -0.116. The Morgan fingerprint density at radius 2 is 2.03 bits per heavy atom. The van der Waals surface area contributed by atoms with Gasteiger partial charge in [0.2, 0.25) is 5.91 Å². The third-order valence-electron chi connectivity index (χ3n) is 5.19. The van der Waals surface area contributed by atoms with Crippen LogP contribution in [-0.2, 0) is 4.79 Å². The van der Waals surface area contributed by atoms with Crippen molar-refractivity contribution in [3.8, 4) is 5.69 Å². The normalized spacial score (nSPS) is 15.2. The van der Waals surface area contributed by atoms with Crippen LogP contribution in [0.2, 0.25) is 0 Å². The van der Waals surface area contributed by atoms with Crippen LogP contribution < -0.4 is 10.9 Å². The van der Waals surface area contributed by atoms with Gasteiger partial charge in [0.25, 0.3) is 5.56 Å². The first-order valence-corrected chi connectivity index (χ1v) is 10.9. The number of aryl methyl sites for hydroxylation is 2. The third kappa shape index (κ3) is 3.61. The molecule has 1 amide bonds. The minimum absolute atomic E-state index is 0.171. The fourth-order valence-corrected chi connectivity index (χ4v) is 4.88. The summed E-state index contributed by atoms with van der Waals surface area (Å²) in [5, 5.41) is 8.27. The van der Waals surface area contributed by atoms with Crippen LogP contribution in [0, 0.1) is 13.8 Å². The molecule has 1 aliphatic heterocycles. The summed E-state index contributed by atoms with van der Waals surface area (Å²) in [7, 11) is 0. The molecule has 0 saturated carbocycles. The van der Waals surface area contributed by atoms with Gasteiger partial charge in [-0.25, -0.2) is 14.6 Å². The van der Waals surface area contributed by atoms with Crippen molar-refractivity contribution in [1.82, 2.24) is 24.3 Å². The topological polar surface area (TPSA) is 94.7 Å². The Bertz CT molecular complexity index is 1380. The highest BCUT2D eigenvalue weighted by Gasteiger charge is 2.29. The number of pyridine rings is 1. The molecular formula is C22H20N6O2S. The van der Waals surface area contributed by atoms with E-state index in [0.717, 1.165) is 16.9 Å². The molecular weight excluding hydrogens is 412 g/mol. The number of benzene rings is 1. The number of hydrogen-bond donors (Lipinski definition) is 1. The molecule has 8 nitrogen and oxygen atoms in total. The summed E-state index contributed by atoms with van der Waals surface area (Å²) in [4.78, 5) is 34.8. The number of nitrogens with zero attached hydrogens (tertiary/aromatic N) is 5. The first kappa shape index (κ1) is 19.5. The van der Waals surface area contributed by atoms with Crippen molar-refractivity contribution in [1.29, 1.82) is 0 Å². The monoisotopic (exact) mass is 432 g/mol. The average molecular weight is 433 g/mol. The summed E-state index contributed by atoms with van der Waals surface area (Å²) < 4.78 is 3.31. The number of nitrogens with one attached hydrogen (secondary N) is 1. The van der Waals surface area contributed by atoms with Gasteiger partial charge in [-0.1, -0.05) is 30.0 Å². The second-order valence-electron chi connectivity index (χ2n) is 7.58. The highest BCUT2D eigenvalue weighted by atomic mass is 32.2. The van der Waals surface area contributed by atoms with Crippen LogP contribution in [-0.4, -0.2) is 36.0 Å². The van der Waals surface area contributed by atoms with Crippen molar-refractivity contribution < 1.29 is 4.79 Å². The van der Waals surface area contributed by atoms with Gasteiger partial charge in [0.1, 0.15) is 11.2 Å². The molecule has 1 N–H and O–H groups in total. The maximum Gasteiger partial charge on any atom is 0.265 e. The van der Waals surface area contributed by atoms with E-state index in [9.17, 15) is 9.59 Å². The Morgan fingerprint density at radius 1 is 1.19 bits per heavy atom. The zero-order valence-electron chi connectivity index (χ0n) is 17.1. The number of anilines is 1. The van der Waals surface area contributed by atoms with E-state index in [0.29, 0.717) is 27.8 Å². The number of carbonyl (C=O) groups is 1. The number of thioether (sulfide) groups is 1. The molecule has 1 unspecified atom stereocenters. The number of amides is 1. The lowest BCUT2D eigenvalue weighted by Crippen LogP contribution is -2.28. The van der Waals surface area contributed by atoms with Gasteiger partial charge in [-0.2, -0.15) is 5.10 Å². The summed E-state index contributed by atoms with van der Waals surface area (Å²) >= 11 is 1.48. The molecule has 1 aromatic carbocycles. The van der Waals surface area contributed by atoms with Crippen LogP contribution in [0.1, 0.15) is 23.7 Å². The summed E-state index contributed by atoms with van der Waals surface area (Å²) in [6.07, 6.45) is 1.73. The minimum atomic E-state index is -0.267. The molecule has 0 aliphatic carbocycles. The van der Waals surface area contributed by atoms with Crippen LogP contribution >= 0.6 is 11.8 Å². The Kier molecular flexibility index (Phi) is 4.82. The Balaban J connectivity index is 1.45. The molecule has 3 aromatic heterocycles. The Labute approximate surface area is 182 Å². The molecule has 1 atom stereocenters. The van der Waals surface area contributed by atoms with Crippen molar-refractivity contribution in [3.63, 3.8) is 0 Å². The highest BCUT2D eigenvalue weighted by molar-refractivity contribution is 7.99. The molecule has 1 aliphatic rings. The summed E-state index contributed by atoms with van der Waals surface area (Å²) in [6.45, 7) is 3.87. The van der Waals surface area contributed by atoms with Gasteiger partial charge in [0.15, 0.2) is 10.8 Å². The van der Waals surface area contributed by atoms with Crippen molar-refractivity contribution in [2.45, 2.75) is 31.5 Å². The van der Waals surface area contributed by atoms with Gasteiger partial charge in [0, 0.05) is 17.9 Å². The van der Waals surface area contributed by atoms with Crippen LogP contribution in [0.15, 0.2) is 58.6 Å². The van der Waals surface area contributed by atoms with E-state index < -0.39 is 0 Å². The average Bonchev–Trinajstić information content (AvgIpc) is 3.33. The fraction of sp³-hybridized carbons (Fsp3) is 0.227.